The van der Waals surface area contributed by atoms with Crippen LogP contribution in [0.4, 0.5) is 10.1 Å². The van der Waals surface area contributed by atoms with Crippen LogP contribution < -0.4 is 10.5 Å². The van der Waals surface area contributed by atoms with Crippen LogP contribution in [0.2, 0.25) is 0 Å². The highest BCUT2D eigenvalue weighted by atomic mass is 32.2. The number of thioether (sulfide) groups is 1. The summed E-state index contributed by atoms with van der Waals surface area (Å²) in [7, 11) is -3.68. The summed E-state index contributed by atoms with van der Waals surface area (Å²) in [6, 6.07) is 3.02. The van der Waals surface area contributed by atoms with Gasteiger partial charge in [0.2, 0.25) is 10.0 Å². The number of sulfonamides is 1. The molecule has 4 nitrogen and oxygen atoms in total. The van der Waals surface area contributed by atoms with Crippen LogP contribution >= 0.6 is 11.8 Å². The minimum Gasteiger partial charge on any atom is -0.398 e. The summed E-state index contributed by atoms with van der Waals surface area (Å²) in [4.78, 5) is -0.0909. The van der Waals surface area contributed by atoms with Gasteiger partial charge in [0.15, 0.2) is 0 Å². The van der Waals surface area contributed by atoms with Crippen molar-refractivity contribution in [1.29, 1.82) is 0 Å². The smallest absolute Gasteiger partial charge is 0.242 e. The van der Waals surface area contributed by atoms with Crippen molar-refractivity contribution in [3.63, 3.8) is 0 Å². The van der Waals surface area contributed by atoms with E-state index in [-0.39, 0.29) is 16.6 Å². The lowest BCUT2D eigenvalue weighted by Crippen LogP contribution is -2.34. The van der Waals surface area contributed by atoms with Crippen LogP contribution in [-0.2, 0) is 10.0 Å². The molecule has 1 aromatic rings. The van der Waals surface area contributed by atoms with E-state index < -0.39 is 15.8 Å². The molecule has 0 aliphatic heterocycles. The fourth-order valence-electron chi connectivity index (χ4n) is 1.38. The van der Waals surface area contributed by atoms with Gasteiger partial charge in [0, 0.05) is 11.8 Å². The van der Waals surface area contributed by atoms with Crippen molar-refractivity contribution < 1.29 is 12.8 Å². The predicted octanol–water partition coefficient (Wildman–Crippen LogP) is 1.44. The molecule has 1 atom stereocenters. The number of nitrogens with one attached hydrogen (secondary N) is 1. The Morgan fingerprint density at radius 1 is 1.53 bits per heavy atom. The summed E-state index contributed by atoms with van der Waals surface area (Å²) in [5, 5.41) is 0. The zero-order valence-corrected chi connectivity index (χ0v) is 11.2. The summed E-state index contributed by atoms with van der Waals surface area (Å²) < 4.78 is 39.2. The first kappa shape index (κ1) is 14.3. The predicted molar refractivity (Wildman–Crippen MR) is 69.0 cm³/mol. The normalized spacial score (nSPS) is 13.6. The minimum absolute atomic E-state index is 0.0890. The first-order chi connectivity index (χ1) is 7.86. The molecule has 0 spiro atoms. The van der Waals surface area contributed by atoms with Gasteiger partial charge in [-0.1, -0.05) is 0 Å². The summed E-state index contributed by atoms with van der Waals surface area (Å²) in [6.45, 7) is 1.76. The highest BCUT2D eigenvalue weighted by molar-refractivity contribution is 7.98. The SMILES string of the molecule is CSCC(C)NS(=O)(=O)c1ccc(F)cc1N. The van der Waals surface area contributed by atoms with Gasteiger partial charge in [-0.3, -0.25) is 0 Å². The molecule has 0 radical (unpaired) electrons. The molecular weight excluding hydrogens is 263 g/mol. The quantitative estimate of drug-likeness (QED) is 0.799. The lowest BCUT2D eigenvalue weighted by Gasteiger charge is -2.14. The van der Waals surface area contributed by atoms with Gasteiger partial charge in [-0.2, -0.15) is 11.8 Å². The topological polar surface area (TPSA) is 72.2 Å². The molecule has 96 valence electrons. The third-order valence-electron chi connectivity index (χ3n) is 2.03. The monoisotopic (exact) mass is 278 g/mol. The average molecular weight is 278 g/mol. The van der Waals surface area contributed by atoms with Gasteiger partial charge < -0.3 is 5.73 Å². The zero-order valence-electron chi connectivity index (χ0n) is 9.60. The molecule has 0 heterocycles. The number of hydrogen-bond donors (Lipinski definition) is 2. The van der Waals surface area contributed by atoms with Crippen LogP contribution in [-0.4, -0.2) is 26.5 Å². The standard InChI is InChI=1S/C10H15FN2O2S2/c1-7(6-16-2)13-17(14,15)10-4-3-8(11)5-9(10)12/h3-5,7,13H,6,12H2,1-2H3. The van der Waals surface area contributed by atoms with Crippen molar-refractivity contribution in [2.45, 2.75) is 17.9 Å². The third-order valence-corrected chi connectivity index (χ3v) is 4.53. The molecule has 1 aromatic carbocycles. The lowest BCUT2D eigenvalue weighted by molar-refractivity contribution is 0.571. The summed E-state index contributed by atoms with van der Waals surface area (Å²) in [5.41, 5.74) is 5.40. The Labute approximate surface area is 105 Å². The molecule has 0 fully saturated rings. The number of benzene rings is 1. The molecular formula is C10H15FN2O2S2. The maximum Gasteiger partial charge on any atom is 0.242 e. The van der Waals surface area contributed by atoms with Crippen LogP contribution in [0.5, 0.6) is 0 Å². The van der Waals surface area contributed by atoms with E-state index in [4.69, 9.17) is 5.73 Å². The number of nitrogen functional groups attached to an aromatic ring is 1. The van der Waals surface area contributed by atoms with E-state index in [1.54, 1.807) is 6.92 Å². The summed E-state index contributed by atoms with van der Waals surface area (Å²) in [5.74, 6) is 0.0963. The summed E-state index contributed by atoms with van der Waals surface area (Å²) in [6.07, 6.45) is 1.89. The molecule has 1 rings (SSSR count). The Morgan fingerprint density at radius 3 is 2.71 bits per heavy atom. The second-order valence-corrected chi connectivity index (χ2v) is 6.25. The van der Waals surface area contributed by atoms with E-state index in [0.717, 1.165) is 12.1 Å². The number of rotatable bonds is 5. The Bertz CT molecular complexity index is 491. The molecule has 0 amide bonds. The lowest BCUT2D eigenvalue weighted by atomic mass is 10.3. The van der Waals surface area contributed by atoms with E-state index in [0.29, 0.717) is 5.75 Å². The Kier molecular flexibility index (Phi) is 4.79. The van der Waals surface area contributed by atoms with Crippen LogP contribution in [0.15, 0.2) is 23.1 Å². The fourth-order valence-corrected chi connectivity index (χ4v) is 3.42. The Balaban J connectivity index is 2.97. The van der Waals surface area contributed by atoms with E-state index in [2.05, 4.69) is 4.72 Å². The first-order valence-corrected chi connectivity index (χ1v) is 7.81. The Morgan fingerprint density at radius 2 is 2.18 bits per heavy atom. The average Bonchev–Trinajstić information content (AvgIpc) is 2.15. The zero-order chi connectivity index (χ0) is 13.1. The van der Waals surface area contributed by atoms with Gasteiger partial charge in [0.25, 0.3) is 0 Å². The molecule has 0 aliphatic carbocycles. The summed E-state index contributed by atoms with van der Waals surface area (Å²) >= 11 is 1.53. The molecule has 0 saturated carbocycles. The van der Waals surface area contributed by atoms with Crippen molar-refractivity contribution in [3.05, 3.63) is 24.0 Å². The minimum atomic E-state index is -3.68. The number of halogens is 1. The molecule has 1 unspecified atom stereocenters. The van der Waals surface area contributed by atoms with Crippen molar-refractivity contribution in [1.82, 2.24) is 4.72 Å². The largest absolute Gasteiger partial charge is 0.398 e. The number of anilines is 1. The maximum absolute atomic E-state index is 12.8. The highest BCUT2D eigenvalue weighted by Gasteiger charge is 2.19. The van der Waals surface area contributed by atoms with Gasteiger partial charge in [0.05, 0.1) is 5.69 Å². The fraction of sp³-hybridized carbons (Fsp3) is 0.400. The van der Waals surface area contributed by atoms with E-state index in [1.165, 1.54) is 17.8 Å². The Hall–Kier alpha value is -0.790. The molecule has 17 heavy (non-hydrogen) atoms. The van der Waals surface area contributed by atoms with E-state index >= 15 is 0 Å². The maximum atomic E-state index is 12.8. The van der Waals surface area contributed by atoms with Crippen molar-refractivity contribution in [2.75, 3.05) is 17.7 Å². The van der Waals surface area contributed by atoms with Gasteiger partial charge in [-0.15, -0.1) is 0 Å². The number of hydrogen-bond acceptors (Lipinski definition) is 4. The molecule has 0 bridgehead atoms. The second kappa shape index (κ2) is 5.70. The van der Waals surface area contributed by atoms with Crippen LogP contribution in [0.1, 0.15) is 6.92 Å². The molecule has 7 heteroatoms. The first-order valence-electron chi connectivity index (χ1n) is 4.93. The van der Waals surface area contributed by atoms with Crippen molar-refractivity contribution >= 4 is 27.5 Å². The van der Waals surface area contributed by atoms with E-state index in [9.17, 15) is 12.8 Å². The van der Waals surface area contributed by atoms with Crippen LogP contribution in [0.25, 0.3) is 0 Å². The van der Waals surface area contributed by atoms with Crippen LogP contribution in [0, 0.1) is 5.82 Å². The van der Waals surface area contributed by atoms with Crippen molar-refractivity contribution in [2.24, 2.45) is 0 Å². The van der Waals surface area contributed by atoms with Gasteiger partial charge in [0.1, 0.15) is 10.7 Å². The van der Waals surface area contributed by atoms with E-state index in [1.807, 2.05) is 6.26 Å². The highest BCUT2D eigenvalue weighted by Crippen LogP contribution is 2.19. The second-order valence-electron chi connectivity index (χ2n) is 3.66. The number of nitrogens with two attached hydrogens (primary N) is 1. The van der Waals surface area contributed by atoms with Gasteiger partial charge >= 0.3 is 0 Å². The molecule has 0 aromatic heterocycles. The molecule has 0 aliphatic rings. The van der Waals surface area contributed by atoms with Crippen molar-refractivity contribution in [3.8, 4) is 0 Å². The molecule has 0 saturated heterocycles. The molecule has 3 N–H and O–H groups in total. The van der Waals surface area contributed by atoms with Gasteiger partial charge in [-0.05, 0) is 31.4 Å². The van der Waals surface area contributed by atoms with Gasteiger partial charge in [-0.25, -0.2) is 17.5 Å². The van der Waals surface area contributed by atoms with Crippen LogP contribution in [0.3, 0.4) is 0 Å². The third kappa shape index (κ3) is 3.86.